The lowest BCUT2D eigenvalue weighted by atomic mass is 9.98. The molecule has 6 fully saturated rings. The first-order valence-electron chi connectivity index (χ1n) is 51.9. The van der Waals surface area contributed by atoms with Crippen LogP contribution in [0, 0.1) is 23.4 Å². The zero-order valence-corrected chi connectivity index (χ0v) is 84.1. The molecule has 4 aromatic carbocycles. The fourth-order valence-electron chi connectivity index (χ4n) is 22.4. The Kier molecular flexibility index (Phi) is 27.4. The van der Waals surface area contributed by atoms with Crippen LogP contribution in [0.15, 0.2) is 164 Å². The number of nitrogens with zero attached hydrogens (tertiary/aromatic N) is 24. The predicted molar refractivity (Wildman–Crippen MR) is 572 cm³/mol. The highest BCUT2D eigenvalue weighted by Gasteiger charge is 2.33. The minimum absolute atomic E-state index is 0.112. The molecule has 20 heterocycles. The summed E-state index contributed by atoms with van der Waals surface area (Å²) in [6.45, 7) is 25.2. The summed E-state index contributed by atoms with van der Waals surface area (Å²) < 4.78 is 52.5. The molecule has 26 rings (SSSR count). The Bertz CT molecular complexity index is 7840. The second-order valence-corrected chi connectivity index (χ2v) is 41.1. The molecule has 6 aliphatic heterocycles. The fourth-order valence-corrected chi connectivity index (χ4v) is 22.6. The quantitative estimate of drug-likeness (QED) is 0.114. The van der Waals surface area contributed by atoms with E-state index in [-0.39, 0.29) is 29.8 Å². The number of benzene rings is 4. The standard InChI is InChI=1S/C24H26FN5.C23H26FN5O.C23H26FN5.C22H24ClN5.C21H26N4O/c1-28-9-2-10-29(12-11-28)23-8-6-19-24(27-23)30-21-7-5-18(25)14-17(21)15-22(30)20(26-19)13-16-3-4-16;1-27-9-3-10-28(12-11-27)22-8-6-19-23(26-22)29-20-7-5-17(24)14-16(20)15-21(29)18(25-19)4-2-13-30;1-3-5-18-21-15-16-14-17(24)6-8-20(16)29(21)23-19(25-18)7-9-22(26-23)28-11-4-10-27(2)12-13-28;1-3-17-20-14-15-13-16(23)5-7-19(15)28(20)22-18(24-17)6-8-21(25-22)27-10-4-9-26(2)11-12-27;1-23-9-4-10-24(12-11-23)20-8-7-16-14-19(26)18-13-15-5-2-3-6-17(15)25(18)21(16)22-20/h5-8,14-16H,2-4,9-13H2,1H3;5-8,14-15,30H,2-4,9-13H2,1H3;6-9,14-15H,3-5,10-13H2,1-2H3;5-8,13-14H,3-4,9-12H2,1-2H3;7-8,13H,2-6,9-12,14H2,1H3. The highest BCUT2D eigenvalue weighted by atomic mass is 35.5. The van der Waals surface area contributed by atoms with Crippen molar-refractivity contribution in [3.63, 3.8) is 0 Å². The number of aliphatic hydroxyl groups excluding tert-OH is 1. The number of carbonyl (C=O) groups excluding carboxylic acids is 1. The van der Waals surface area contributed by atoms with Gasteiger partial charge in [0, 0.05) is 149 Å². The first kappa shape index (κ1) is 95.1. The predicted octanol–water partition coefficient (Wildman–Crippen LogP) is 18.8. The van der Waals surface area contributed by atoms with Gasteiger partial charge in [-0.1, -0.05) is 37.9 Å². The van der Waals surface area contributed by atoms with E-state index in [2.05, 4.69) is 193 Å². The summed E-state index contributed by atoms with van der Waals surface area (Å²) in [6.07, 6.45) is 18.4. The van der Waals surface area contributed by atoms with Crippen LogP contribution >= 0.6 is 11.6 Å². The number of hydrogen-bond donors (Lipinski definition) is 1. The second kappa shape index (κ2) is 41.2. The van der Waals surface area contributed by atoms with Crippen molar-refractivity contribution in [2.45, 2.75) is 129 Å². The van der Waals surface area contributed by atoms with Gasteiger partial charge in [0.25, 0.3) is 0 Å². The van der Waals surface area contributed by atoms with Crippen molar-refractivity contribution in [1.82, 2.24) is 91.5 Å². The van der Waals surface area contributed by atoms with Crippen molar-refractivity contribution in [3.8, 4) is 5.82 Å². The maximum atomic E-state index is 13.9. The summed E-state index contributed by atoms with van der Waals surface area (Å²) in [5.74, 6) is 6.31. The molecule has 1 saturated carbocycles. The molecule has 26 nitrogen and oxygen atoms in total. The van der Waals surface area contributed by atoms with Crippen LogP contribution in [-0.4, -0.2) is 275 Å². The van der Waals surface area contributed by atoms with Gasteiger partial charge in [-0.25, -0.2) is 58.0 Å². The number of aliphatic hydroxyl groups is 1. The Balaban J connectivity index is 0.000000102. The van der Waals surface area contributed by atoms with Crippen LogP contribution in [0.4, 0.5) is 42.3 Å². The van der Waals surface area contributed by atoms with E-state index in [4.69, 9.17) is 56.5 Å². The minimum atomic E-state index is -0.255. The molecule has 5 saturated heterocycles. The third-order valence-electron chi connectivity index (χ3n) is 30.3. The number of pyridine rings is 5. The maximum absolute atomic E-state index is 13.9. The summed E-state index contributed by atoms with van der Waals surface area (Å²) >= 11 is 6.24. The third kappa shape index (κ3) is 19.7. The molecule has 0 spiro atoms. The summed E-state index contributed by atoms with van der Waals surface area (Å²) in [5.41, 5.74) is 23.9. The van der Waals surface area contributed by atoms with E-state index < -0.39 is 0 Å². The van der Waals surface area contributed by atoms with Crippen molar-refractivity contribution < 1.29 is 23.1 Å². The van der Waals surface area contributed by atoms with E-state index in [0.717, 1.165) is 392 Å². The molecule has 8 aliphatic rings. The first-order chi connectivity index (χ1) is 69.8. The Morgan fingerprint density at radius 3 is 1.12 bits per heavy atom. The number of anilines is 5. The van der Waals surface area contributed by atoms with Crippen LogP contribution in [0.1, 0.15) is 135 Å². The maximum Gasteiger partial charge on any atom is 0.184 e. The Morgan fingerprint density at radius 2 is 0.713 bits per heavy atom. The number of aromatic nitrogens is 14. The van der Waals surface area contributed by atoms with Gasteiger partial charge in [0.05, 0.1) is 72.6 Å². The Hall–Kier alpha value is -12.7. The largest absolute Gasteiger partial charge is 0.396 e. The monoisotopic (exact) mass is 1950 g/mol. The number of fused-ring (bicyclic) bond motifs is 25. The van der Waals surface area contributed by atoms with E-state index in [0.29, 0.717) is 19.3 Å². The van der Waals surface area contributed by atoms with Crippen LogP contribution in [0.5, 0.6) is 0 Å². The Morgan fingerprint density at radius 1 is 0.350 bits per heavy atom. The first-order valence-corrected chi connectivity index (χ1v) is 52.3. The molecular weight excluding hydrogens is 1820 g/mol. The number of likely N-dealkylation sites (N-methyl/N-ethyl adjacent to an activating group) is 5. The molecular formula is C113H128ClF3N24O2. The molecule has 0 unspecified atom stereocenters. The van der Waals surface area contributed by atoms with E-state index in [1.807, 2.05) is 54.6 Å². The molecule has 0 atom stereocenters. The lowest BCUT2D eigenvalue weighted by Crippen LogP contribution is -2.30. The van der Waals surface area contributed by atoms with E-state index in [1.165, 1.54) is 55.1 Å². The molecule has 30 heteroatoms. The van der Waals surface area contributed by atoms with Gasteiger partial charge in [0.15, 0.2) is 28.4 Å². The zero-order chi connectivity index (χ0) is 97.8. The van der Waals surface area contributed by atoms with Crippen molar-refractivity contribution in [2.75, 3.05) is 197 Å². The van der Waals surface area contributed by atoms with Gasteiger partial charge in [-0.3, -0.25) is 27.0 Å². The van der Waals surface area contributed by atoms with Crippen LogP contribution in [-0.2, 0) is 44.9 Å². The molecule has 1 N–H and O–H groups in total. The molecule has 2 aliphatic carbocycles. The number of halogens is 4. The van der Waals surface area contributed by atoms with E-state index >= 15 is 0 Å². The smallest absolute Gasteiger partial charge is 0.184 e. The molecule has 14 aromatic heterocycles. The average Bonchev–Trinajstić information content (AvgIpc) is 1.60. The SMILES string of the molecule is CCCc1nc2ccc(N3CCCN(C)CC3)nc2n2c1cc1cc(F)ccc12.CCc1nc2ccc(N3CCCN(C)CC3)nc2n2c1cc1cc(Cl)ccc12.CN1CCCN(c2ccc3c(n2)-n2c(cc4c2CCCC4)C(=O)C3)CC1.CN1CCCN(c2ccc3nc(CC4CC4)c4cc5cc(F)ccc5n4c3n2)CC1.CN1CCCN(c2ccc3nc(CCCO)c4cc5cc(F)ccc5n4c3n2)CC1. The number of aryl methyl sites for hydroxylation is 4. The lowest BCUT2D eigenvalue weighted by Gasteiger charge is -2.26. The number of hydrogen-bond acceptors (Lipinski definition) is 21. The van der Waals surface area contributed by atoms with Crippen LogP contribution in [0.2, 0.25) is 5.02 Å². The van der Waals surface area contributed by atoms with Crippen molar-refractivity contribution in [3.05, 3.63) is 232 Å². The van der Waals surface area contributed by atoms with Gasteiger partial charge in [0.2, 0.25) is 0 Å². The van der Waals surface area contributed by atoms with Crippen molar-refractivity contribution in [1.29, 1.82) is 0 Å². The summed E-state index contributed by atoms with van der Waals surface area (Å²) in [4.78, 5) is 81.4. The number of ketones is 1. The summed E-state index contributed by atoms with van der Waals surface area (Å²) in [7, 11) is 10.9. The third-order valence-corrected chi connectivity index (χ3v) is 30.6. The Labute approximate surface area is 836 Å². The fraction of sp³-hybridized carbons (Fsp3) is 0.416. The van der Waals surface area contributed by atoms with Crippen LogP contribution in [0.3, 0.4) is 0 Å². The summed E-state index contributed by atoms with van der Waals surface area (Å²) in [5, 5.41) is 13.8. The molecule has 0 bridgehead atoms. The number of carbonyl (C=O) groups is 1. The van der Waals surface area contributed by atoms with Gasteiger partial charge >= 0.3 is 0 Å². The van der Waals surface area contributed by atoms with E-state index in [1.54, 1.807) is 18.2 Å². The molecule has 18 aromatic rings. The minimum Gasteiger partial charge on any atom is -0.396 e. The van der Waals surface area contributed by atoms with Gasteiger partial charge in [-0.15, -0.1) is 0 Å². The van der Waals surface area contributed by atoms with E-state index in [9.17, 15) is 23.1 Å². The van der Waals surface area contributed by atoms with Crippen molar-refractivity contribution in [2.24, 2.45) is 5.92 Å². The highest BCUT2D eigenvalue weighted by molar-refractivity contribution is 6.31. The number of rotatable bonds is 13. The van der Waals surface area contributed by atoms with Crippen molar-refractivity contribution >= 4 is 157 Å². The summed E-state index contributed by atoms with van der Waals surface area (Å²) in [6, 6.07) is 52.3. The molecule has 740 valence electrons. The normalized spacial score (nSPS) is 17.4. The van der Waals surface area contributed by atoms with Gasteiger partial charge in [-0.05, 0) is 340 Å². The molecule has 143 heavy (non-hydrogen) atoms. The topological polar surface area (TPSA) is 208 Å². The van der Waals surface area contributed by atoms with Crippen LogP contribution in [0.25, 0.3) is 116 Å². The zero-order valence-electron chi connectivity index (χ0n) is 83.3. The average molecular weight is 1950 g/mol. The molecule has 0 radical (unpaired) electrons. The number of Topliss-reactive ketones (excluding diaryl/α,β-unsaturated/α-hetero) is 1. The van der Waals surface area contributed by atoms with Gasteiger partial charge < -0.3 is 54.1 Å². The van der Waals surface area contributed by atoms with Gasteiger partial charge in [0.1, 0.15) is 74.4 Å². The lowest BCUT2D eigenvalue weighted by molar-refractivity contribution is 0.0981. The van der Waals surface area contributed by atoms with Gasteiger partial charge in [-0.2, -0.15) is 0 Å². The molecule has 0 amide bonds. The van der Waals surface area contributed by atoms with Crippen LogP contribution < -0.4 is 24.5 Å². The highest BCUT2D eigenvalue weighted by Crippen LogP contribution is 2.40. The second-order valence-electron chi connectivity index (χ2n) is 40.6.